The van der Waals surface area contributed by atoms with Crippen LogP contribution in [-0.2, 0) is 20.1 Å². The molecule has 0 bridgehead atoms. The summed E-state index contributed by atoms with van der Waals surface area (Å²) in [5.74, 6) is 0.825. The molecule has 2 saturated heterocycles. The highest BCUT2D eigenvalue weighted by Crippen LogP contribution is 2.51. The van der Waals surface area contributed by atoms with E-state index in [4.69, 9.17) is 0 Å². The summed E-state index contributed by atoms with van der Waals surface area (Å²) in [7, 11) is 1.82. The quantitative estimate of drug-likeness (QED) is 0.853. The Labute approximate surface area is 143 Å². The van der Waals surface area contributed by atoms with E-state index in [0.717, 1.165) is 45.1 Å². The first-order valence-electron chi connectivity index (χ1n) is 8.67. The van der Waals surface area contributed by atoms with E-state index in [9.17, 15) is 0 Å². The second kappa shape index (κ2) is 5.63. The highest BCUT2D eigenvalue weighted by atomic mass is 15.6. The summed E-state index contributed by atoms with van der Waals surface area (Å²) in [4.78, 5) is 6.65. The Hall–Kier alpha value is -1.79. The molecule has 2 aliphatic heterocycles. The van der Waals surface area contributed by atoms with Crippen LogP contribution in [0, 0.1) is 10.8 Å². The van der Waals surface area contributed by atoms with Crippen molar-refractivity contribution in [2.45, 2.75) is 26.9 Å². The number of hydrogen-bond acceptors (Lipinski definition) is 5. The van der Waals surface area contributed by atoms with Crippen molar-refractivity contribution in [2.24, 2.45) is 17.9 Å². The van der Waals surface area contributed by atoms with Gasteiger partial charge in [0, 0.05) is 43.6 Å². The molecule has 0 N–H and O–H groups in total. The lowest BCUT2D eigenvalue weighted by molar-refractivity contribution is 0.212. The van der Waals surface area contributed by atoms with Gasteiger partial charge in [-0.05, 0) is 10.8 Å². The van der Waals surface area contributed by atoms with Gasteiger partial charge in [0.25, 0.3) is 0 Å². The second-order valence-electron chi connectivity index (χ2n) is 8.09. The number of nitrogens with zero attached hydrogens (tertiary/aromatic N) is 6. The van der Waals surface area contributed by atoms with Crippen LogP contribution in [0.4, 0.5) is 0 Å². The predicted octanol–water partition coefficient (Wildman–Crippen LogP) is 1.55. The maximum absolute atomic E-state index is 4.33. The number of benzene rings is 1. The number of likely N-dealkylation sites (tertiary alicyclic amines) is 2. The summed E-state index contributed by atoms with van der Waals surface area (Å²) < 4.78 is 0. The van der Waals surface area contributed by atoms with Crippen molar-refractivity contribution in [3.63, 3.8) is 0 Å². The highest BCUT2D eigenvalue weighted by Gasteiger charge is 2.57. The fraction of sp³-hybridized carbons (Fsp3) is 0.611. The van der Waals surface area contributed by atoms with Crippen molar-refractivity contribution < 1.29 is 0 Å². The van der Waals surface area contributed by atoms with Gasteiger partial charge < -0.3 is 0 Å². The van der Waals surface area contributed by atoms with Gasteiger partial charge in [-0.3, -0.25) is 9.80 Å². The molecule has 0 aliphatic carbocycles. The van der Waals surface area contributed by atoms with Crippen LogP contribution in [0.5, 0.6) is 0 Å². The van der Waals surface area contributed by atoms with E-state index in [1.165, 1.54) is 10.4 Å². The average Bonchev–Trinajstić information content (AvgIpc) is 3.08. The SMILES string of the molecule is Cn1nnc(CN2CC3(C)CN(Cc4ccccc4)CC3(C)C2)n1. The third-order valence-corrected chi connectivity index (χ3v) is 5.91. The van der Waals surface area contributed by atoms with E-state index in [1.807, 2.05) is 7.05 Å². The maximum Gasteiger partial charge on any atom is 0.188 e. The molecule has 128 valence electrons. The van der Waals surface area contributed by atoms with Crippen LogP contribution in [0.15, 0.2) is 30.3 Å². The molecule has 2 fully saturated rings. The molecule has 6 heteroatoms. The lowest BCUT2D eigenvalue weighted by Gasteiger charge is -2.31. The van der Waals surface area contributed by atoms with E-state index in [-0.39, 0.29) is 0 Å². The van der Waals surface area contributed by atoms with Crippen molar-refractivity contribution in [3.8, 4) is 0 Å². The summed E-state index contributed by atoms with van der Waals surface area (Å²) in [5.41, 5.74) is 2.05. The minimum absolute atomic E-state index is 0.323. The number of fused-ring (bicyclic) bond motifs is 1. The molecule has 2 aromatic rings. The molecule has 24 heavy (non-hydrogen) atoms. The minimum atomic E-state index is 0.323. The van der Waals surface area contributed by atoms with Crippen LogP contribution in [-0.4, -0.2) is 56.2 Å². The summed E-state index contributed by atoms with van der Waals surface area (Å²) in [6.45, 7) is 11.3. The van der Waals surface area contributed by atoms with Crippen molar-refractivity contribution in [3.05, 3.63) is 41.7 Å². The molecule has 0 spiro atoms. The lowest BCUT2D eigenvalue weighted by Crippen LogP contribution is -2.34. The minimum Gasteiger partial charge on any atom is -0.298 e. The molecule has 6 nitrogen and oxygen atoms in total. The number of rotatable bonds is 4. The summed E-state index contributed by atoms with van der Waals surface area (Å²) in [6, 6.07) is 10.8. The molecular weight excluding hydrogens is 300 g/mol. The second-order valence-corrected chi connectivity index (χ2v) is 8.09. The lowest BCUT2D eigenvalue weighted by atomic mass is 9.71. The van der Waals surface area contributed by atoms with Gasteiger partial charge in [0.1, 0.15) is 0 Å². The van der Waals surface area contributed by atoms with Gasteiger partial charge in [0.15, 0.2) is 5.82 Å². The molecule has 3 heterocycles. The van der Waals surface area contributed by atoms with Gasteiger partial charge >= 0.3 is 0 Å². The zero-order chi connectivity index (χ0) is 16.8. The fourth-order valence-electron chi connectivity index (χ4n) is 4.60. The largest absolute Gasteiger partial charge is 0.298 e. The molecule has 2 aliphatic rings. The number of hydrogen-bond donors (Lipinski definition) is 0. The van der Waals surface area contributed by atoms with Gasteiger partial charge in [-0.25, -0.2) is 0 Å². The van der Waals surface area contributed by atoms with Crippen LogP contribution < -0.4 is 0 Å². The van der Waals surface area contributed by atoms with Crippen LogP contribution >= 0.6 is 0 Å². The Morgan fingerprint density at radius 1 is 0.917 bits per heavy atom. The monoisotopic (exact) mass is 326 g/mol. The number of tetrazole rings is 1. The zero-order valence-corrected chi connectivity index (χ0v) is 14.8. The standard InChI is InChI=1S/C18H26N6/c1-17-11-23(9-15-7-5-4-6-8-15)12-18(17,2)14-24(13-17)10-16-19-21-22(3)20-16/h4-8H,9-14H2,1-3H3. The number of aryl methyl sites for hydroxylation is 1. The van der Waals surface area contributed by atoms with Crippen molar-refractivity contribution in [1.29, 1.82) is 0 Å². The third kappa shape index (κ3) is 2.74. The van der Waals surface area contributed by atoms with Crippen molar-refractivity contribution in [1.82, 2.24) is 30.0 Å². The van der Waals surface area contributed by atoms with E-state index >= 15 is 0 Å². The maximum atomic E-state index is 4.33. The summed E-state index contributed by atoms with van der Waals surface area (Å²) in [5, 5.41) is 12.4. The Balaban J connectivity index is 1.43. The molecule has 4 rings (SSSR count). The summed E-state index contributed by atoms with van der Waals surface area (Å²) >= 11 is 0. The zero-order valence-electron chi connectivity index (χ0n) is 14.8. The Kier molecular flexibility index (Phi) is 3.69. The van der Waals surface area contributed by atoms with Crippen LogP contribution in [0.2, 0.25) is 0 Å². The summed E-state index contributed by atoms with van der Waals surface area (Å²) in [6.07, 6.45) is 0. The molecule has 2 atom stereocenters. The average molecular weight is 326 g/mol. The van der Waals surface area contributed by atoms with Gasteiger partial charge in [-0.2, -0.15) is 4.80 Å². The highest BCUT2D eigenvalue weighted by molar-refractivity contribution is 5.16. The Morgan fingerprint density at radius 2 is 1.50 bits per heavy atom. The van der Waals surface area contributed by atoms with Crippen LogP contribution in [0.1, 0.15) is 25.2 Å². The predicted molar refractivity (Wildman–Crippen MR) is 92.0 cm³/mol. The normalized spacial score (nSPS) is 30.8. The van der Waals surface area contributed by atoms with E-state index in [2.05, 4.69) is 69.4 Å². The van der Waals surface area contributed by atoms with Crippen LogP contribution in [0.25, 0.3) is 0 Å². The molecule has 0 amide bonds. The van der Waals surface area contributed by atoms with Crippen LogP contribution in [0.3, 0.4) is 0 Å². The molecule has 0 radical (unpaired) electrons. The topological polar surface area (TPSA) is 50.1 Å². The molecular formula is C18H26N6. The van der Waals surface area contributed by atoms with Gasteiger partial charge in [-0.15, -0.1) is 10.2 Å². The van der Waals surface area contributed by atoms with Crippen molar-refractivity contribution >= 4 is 0 Å². The van der Waals surface area contributed by atoms with Gasteiger partial charge in [-0.1, -0.05) is 44.2 Å². The smallest absolute Gasteiger partial charge is 0.188 e. The van der Waals surface area contributed by atoms with Crippen molar-refractivity contribution in [2.75, 3.05) is 26.2 Å². The third-order valence-electron chi connectivity index (χ3n) is 5.91. The van der Waals surface area contributed by atoms with E-state index < -0.39 is 0 Å². The first-order chi connectivity index (χ1) is 11.5. The van der Waals surface area contributed by atoms with E-state index in [1.54, 1.807) is 0 Å². The molecule has 2 unspecified atom stereocenters. The van der Waals surface area contributed by atoms with Gasteiger partial charge in [0.2, 0.25) is 0 Å². The first kappa shape index (κ1) is 15.7. The molecule has 0 saturated carbocycles. The Morgan fingerprint density at radius 3 is 2.04 bits per heavy atom. The number of aromatic nitrogens is 4. The molecule has 1 aromatic carbocycles. The van der Waals surface area contributed by atoms with E-state index in [0.29, 0.717) is 10.8 Å². The Bertz CT molecular complexity index is 693. The fourth-order valence-corrected chi connectivity index (χ4v) is 4.60. The molecule has 1 aromatic heterocycles. The van der Waals surface area contributed by atoms with Gasteiger partial charge in [0.05, 0.1) is 13.6 Å². The first-order valence-corrected chi connectivity index (χ1v) is 8.67.